The molecule has 0 saturated heterocycles. The first kappa shape index (κ1) is 13.9. The third kappa shape index (κ3) is 3.35. The highest BCUT2D eigenvalue weighted by Gasteiger charge is 2.01. The maximum Gasteiger partial charge on any atom is 0.0645 e. The van der Waals surface area contributed by atoms with E-state index in [1.165, 1.54) is 0 Å². The monoisotopic (exact) mass is 314 g/mol. The van der Waals surface area contributed by atoms with Crippen LogP contribution in [0.15, 0.2) is 71.9 Å². The van der Waals surface area contributed by atoms with E-state index in [2.05, 4.69) is 4.99 Å². The number of hydrogen-bond donors (Lipinski definition) is 0. The van der Waals surface area contributed by atoms with E-state index >= 15 is 0 Å². The SMILES string of the molecule is Clc1ccc(-n2cccc2C=Nc2cccc(Cl)c2)cc1. The van der Waals surface area contributed by atoms with Crippen LogP contribution in [0.25, 0.3) is 5.69 Å². The molecular formula is C17H12Cl2N2. The first-order valence-corrected chi connectivity index (χ1v) is 7.21. The van der Waals surface area contributed by atoms with Gasteiger partial charge in [-0.15, -0.1) is 0 Å². The van der Waals surface area contributed by atoms with Gasteiger partial charge in [-0.2, -0.15) is 0 Å². The molecule has 1 aromatic heterocycles. The summed E-state index contributed by atoms with van der Waals surface area (Å²) in [7, 11) is 0. The van der Waals surface area contributed by atoms with Crippen LogP contribution in [0, 0.1) is 0 Å². The minimum Gasteiger partial charge on any atom is -0.316 e. The van der Waals surface area contributed by atoms with Gasteiger partial charge in [-0.3, -0.25) is 4.99 Å². The third-order valence-corrected chi connectivity index (χ3v) is 3.53. The van der Waals surface area contributed by atoms with E-state index in [9.17, 15) is 0 Å². The normalized spacial score (nSPS) is 11.1. The number of hydrogen-bond acceptors (Lipinski definition) is 1. The molecule has 0 aliphatic rings. The zero-order chi connectivity index (χ0) is 14.7. The van der Waals surface area contributed by atoms with Crippen molar-refractivity contribution in [3.8, 4) is 5.69 Å². The van der Waals surface area contributed by atoms with Crippen LogP contribution in [0.2, 0.25) is 10.0 Å². The first-order valence-electron chi connectivity index (χ1n) is 6.45. The average Bonchev–Trinajstić information content (AvgIpc) is 2.94. The van der Waals surface area contributed by atoms with Gasteiger partial charge in [0.1, 0.15) is 0 Å². The minimum atomic E-state index is 0.678. The van der Waals surface area contributed by atoms with Gasteiger partial charge in [-0.05, 0) is 54.6 Å². The zero-order valence-corrected chi connectivity index (χ0v) is 12.6. The molecule has 0 spiro atoms. The number of rotatable bonds is 3. The topological polar surface area (TPSA) is 17.3 Å². The molecule has 0 bridgehead atoms. The highest BCUT2D eigenvalue weighted by molar-refractivity contribution is 6.31. The van der Waals surface area contributed by atoms with Crippen molar-refractivity contribution in [2.24, 2.45) is 4.99 Å². The van der Waals surface area contributed by atoms with Gasteiger partial charge in [-0.25, -0.2) is 0 Å². The highest BCUT2D eigenvalue weighted by atomic mass is 35.5. The number of halogens is 2. The molecule has 0 amide bonds. The van der Waals surface area contributed by atoms with Gasteiger partial charge < -0.3 is 4.57 Å². The molecule has 0 saturated carbocycles. The van der Waals surface area contributed by atoms with Crippen molar-refractivity contribution in [3.05, 3.63) is 82.6 Å². The van der Waals surface area contributed by atoms with E-state index in [-0.39, 0.29) is 0 Å². The van der Waals surface area contributed by atoms with Crippen molar-refractivity contribution in [2.45, 2.75) is 0 Å². The lowest BCUT2D eigenvalue weighted by Crippen LogP contribution is -1.97. The van der Waals surface area contributed by atoms with Crippen LogP contribution in [0.3, 0.4) is 0 Å². The summed E-state index contributed by atoms with van der Waals surface area (Å²) in [5, 5.41) is 1.40. The molecule has 21 heavy (non-hydrogen) atoms. The molecule has 0 fully saturated rings. The predicted octanol–water partition coefficient (Wildman–Crippen LogP) is 5.53. The standard InChI is InChI=1S/C17H12Cl2N2/c18-13-6-8-16(9-7-13)21-10-2-5-17(21)12-20-15-4-1-3-14(19)11-15/h1-12H. The van der Waals surface area contributed by atoms with E-state index in [0.29, 0.717) is 5.02 Å². The van der Waals surface area contributed by atoms with Crippen molar-refractivity contribution in [1.29, 1.82) is 0 Å². The molecule has 0 atom stereocenters. The maximum absolute atomic E-state index is 5.96. The Hall–Kier alpha value is -2.03. The second kappa shape index (κ2) is 6.17. The van der Waals surface area contributed by atoms with Crippen molar-refractivity contribution < 1.29 is 0 Å². The molecule has 3 rings (SSSR count). The largest absolute Gasteiger partial charge is 0.316 e. The molecule has 2 nitrogen and oxygen atoms in total. The van der Waals surface area contributed by atoms with E-state index in [1.807, 2.05) is 77.6 Å². The lowest BCUT2D eigenvalue weighted by molar-refractivity contribution is 1.07. The Morgan fingerprint density at radius 3 is 2.43 bits per heavy atom. The Morgan fingerprint density at radius 2 is 1.67 bits per heavy atom. The van der Waals surface area contributed by atoms with Crippen LogP contribution >= 0.6 is 23.2 Å². The molecule has 0 aliphatic heterocycles. The Morgan fingerprint density at radius 1 is 0.857 bits per heavy atom. The molecule has 3 aromatic rings. The second-order valence-electron chi connectivity index (χ2n) is 4.52. The van der Waals surface area contributed by atoms with Gasteiger partial charge in [0.25, 0.3) is 0 Å². The maximum atomic E-state index is 5.96. The van der Waals surface area contributed by atoms with E-state index in [0.717, 1.165) is 22.1 Å². The van der Waals surface area contributed by atoms with Crippen LogP contribution in [0.1, 0.15) is 5.69 Å². The molecular weight excluding hydrogens is 303 g/mol. The number of aromatic nitrogens is 1. The van der Waals surface area contributed by atoms with Gasteiger partial charge in [0, 0.05) is 21.9 Å². The summed E-state index contributed by atoms with van der Waals surface area (Å²) < 4.78 is 2.05. The minimum absolute atomic E-state index is 0.678. The number of nitrogens with zero attached hydrogens (tertiary/aromatic N) is 2. The summed E-state index contributed by atoms with van der Waals surface area (Å²) in [5.41, 5.74) is 2.85. The Labute approximate surface area is 133 Å². The average molecular weight is 315 g/mol. The Kier molecular flexibility index (Phi) is 4.09. The van der Waals surface area contributed by atoms with Crippen LogP contribution in [0.4, 0.5) is 5.69 Å². The van der Waals surface area contributed by atoms with Crippen LogP contribution in [-0.4, -0.2) is 10.8 Å². The number of benzene rings is 2. The summed E-state index contributed by atoms with van der Waals surface area (Å²) in [6, 6.07) is 19.1. The van der Waals surface area contributed by atoms with Gasteiger partial charge in [-0.1, -0.05) is 29.3 Å². The molecule has 0 N–H and O–H groups in total. The van der Waals surface area contributed by atoms with Crippen molar-refractivity contribution in [3.63, 3.8) is 0 Å². The van der Waals surface area contributed by atoms with Crippen LogP contribution < -0.4 is 0 Å². The lowest BCUT2D eigenvalue weighted by Gasteiger charge is -2.06. The summed E-state index contributed by atoms with van der Waals surface area (Å²) in [4.78, 5) is 4.46. The van der Waals surface area contributed by atoms with Crippen molar-refractivity contribution in [2.75, 3.05) is 0 Å². The van der Waals surface area contributed by atoms with E-state index < -0.39 is 0 Å². The smallest absolute Gasteiger partial charge is 0.0645 e. The van der Waals surface area contributed by atoms with E-state index in [4.69, 9.17) is 23.2 Å². The molecule has 0 unspecified atom stereocenters. The summed E-state index contributed by atoms with van der Waals surface area (Å²) in [6.07, 6.45) is 3.81. The lowest BCUT2D eigenvalue weighted by atomic mass is 10.3. The fourth-order valence-electron chi connectivity index (χ4n) is 2.03. The second-order valence-corrected chi connectivity index (χ2v) is 5.39. The molecule has 4 heteroatoms. The quantitative estimate of drug-likeness (QED) is 0.565. The van der Waals surface area contributed by atoms with Crippen molar-refractivity contribution in [1.82, 2.24) is 4.57 Å². The Bertz CT molecular complexity index is 773. The highest BCUT2D eigenvalue weighted by Crippen LogP contribution is 2.19. The summed E-state index contributed by atoms with van der Waals surface area (Å²) in [6.45, 7) is 0. The van der Waals surface area contributed by atoms with Crippen LogP contribution in [-0.2, 0) is 0 Å². The molecule has 1 heterocycles. The van der Waals surface area contributed by atoms with E-state index in [1.54, 1.807) is 0 Å². The zero-order valence-electron chi connectivity index (χ0n) is 11.1. The van der Waals surface area contributed by atoms with Crippen LogP contribution in [0.5, 0.6) is 0 Å². The number of aliphatic imine (C=N–C) groups is 1. The fourth-order valence-corrected chi connectivity index (χ4v) is 2.34. The van der Waals surface area contributed by atoms with Gasteiger partial charge in [0.05, 0.1) is 17.6 Å². The summed E-state index contributed by atoms with van der Waals surface area (Å²) in [5.74, 6) is 0. The molecule has 0 aliphatic carbocycles. The first-order chi connectivity index (χ1) is 10.2. The molecule has 0 radical (unpaired) electrons. The van der Waals surface area contributed by atoms with Gasteiger partial charge in [0.2, 0.25) is 0 Å². The predicted molar refractivity (Wildman–Crippen MR) is 89.5 cm³/mol. The fraction of sp³-hybridized carbons (Fsp3) is 0. The summed E-state index contributed by atoms with van der Waals surface area (Å²) >= 11 is 11.9. The third-order valence-electron chi connectivity index (χ3n) is 3.04. The molecule has 104 valence electrons. The Balaban J connectivity index is 1.91. The van der Waals surface area contributed by atoms with Crippen molar-refractivity contribution >= 4 is 35.1 Å². The van der Waals surface area contributed by atoms with Gasteiger partial charge in [0.15, 0.2) is 0 Å². The molecule has 2 aromatic carbocycles. The van der Waals surface area contributed by atoms with Gasteiger partial charge >= 0.3 is 0 Å².